The minimum atomic E-state index is 0.639. The van der Waals surface area contributed by atoms with Crippen LogP contribution in [0.25, 0.3) is 0 Å². The summed E-state index contributed by atoms with van der Waals surface area (Å²) in [7, 11) is 0. The average molecular weight is 193 g/mol. The van der Waals surface area contributed by atoms with Gasteiger partial charge in [0.15, 0.2) is 0 Å². The first-order chi connectivity index (χ1) is 5.27. The third kappa shape index (κ3) is 10.4. The standard InChI is InChI=1S/C9H17ClS/c1-2-3-4-5-6-7-8-9(10)11/h2-8H2,1H3. The quantitative estimate of drug-likeness (QED) is 0.329. The Kier molecular flexibility index (Phi) is 8.77. The molecule has 0 saturated heterocycles. The molecule has 0 unspecified atom stereocenters. The van der Waals surface area contributed by atoms with Crippen LogP contribution in [0.1, 0.15) is 51.9 Å². The van der Waals surface area contributed by atoms with Crippen molar-refractivity contribution in [3.05, 3.63) is 0 Å². The first-order valence-electron chi connectivity index (χ1n) is 4.45. The van der Waals surface area contributed by atoms with Gasteiger partial charge in [-0.2, -0.15) is 0 Å². The van der Waals surface area contributed by atoms with E-state index in [1.807, 2.05) is 0 Å². The van der Waals surface area contributed by atoms with E-state index in [4.69, 9.17) is 23.8 Å². The molecule has 66 valence electrons. The molecule has 0 aliphatic heterocycles. The first-order valence-corrected chi connectivity index (χ1v) is 5.24. The monoisotopic (exact) mass is 192 g/mol. The van der Waals surface area contributed by atoms with E-state index >= 15 is 0 Å². The average Bonchev–Trinajstić information content (AvgIpc) is 1.96. The van der Waals surface area contributed by atoms with Crippen LogP contribution in [0.15, 0.2) is 0 Å². The SMILES string of the molecule is CCCCCCCCC(=S)Cl. The van der Waals surface area contributed by atoms with Crippen LogP contribution in [0.5, 0.6) is 0 Å². The van der Waals surface area contributed by atoms with Crippen LogP contribution in [0, 0.1) is 0 Å². The van der Waals surface area contributed by atoms with Crippen LogP contribution in [0.4, 0.5) is 0 Å². The summed E-state index contributed by atoms with van der Waals surface area (Å²) in [6, 6.07) is 0. The van der Waals surface area contributed by atoms with Gasteiger partial charge in [-0.15, -0.1) is 0 Å². The van der Waals surface area contributed by atoms with Crippen molar-refractivity contribution >= 4 is 28.1 Å². The van der Waals surface area contributed by atoms with Crippen molar-refractivity contribution in [1.82, 2.24) is 0 Å². The molecule has 0 aromatic carbocycles. The van der Waals surface area contributed by atoms with Gasteiger partial charge in [0.05, 0.1) is 4.32 Å². The Hall–Kier alpha value is 0.380. The van der Waals surface area contributed by atoms with Crippen LogP contribution in [0.2, 0.25) is 0 Å². The maximum Gasteiger partial charge on any atom is 0.0808 e. The van der Waals surface area contributed by atoms with Gasteiger partial charge in [-0.05, 0) is 12.8 Å². The summed E-state index contributed by atoms with van der Waals surface area (Å²) in [4.78, 5) is 0. The molecule has 0 aliphatic carbocycles. The normalized spacial score (nSPS) is 10.0. The largest absolute Gasteiger partial charge is 0.0808 e. The first kappa shape index (κ1) is 11.4. The number of thiocarbonyl (C=S) groups is 1. The minimum Gasteiger partial charge on any atom is -0.0765 e. The molecular weight excluding hydrogens is 176 g/mol. The van der Waals surface area contributed by atoms with Gasteiger partial charge in [-0.25, -0.2) is 0 Å². The lowest BCUT2D eigenvalue weighted by Crippen LogP contribution is -1.83. The van der Waals surface area contributed by atoms with Gasteiger partial charge in [0.2, 0.25) is 0 Å². The third-order valence-electron chi connectivity index (χ3n) is 1.73. The highest BCUT2D eigenvalue weighted by atomic mass is 35.5. The molecule has 0 bridgehead atoms. The van der Waals surface area contributed by atoms with Crippen LogP contribution >= 0.6 is 23.8 Å². The zero-order valence-electron chi connectivity index (χ0n) is 7.24. The molecule has 0 saturated carbocycles. The second kappa shape index (κ2) is 8.48. The second-order valence-corrected chi connectivity index (χ2v) is 4.05. The van der Waals surface area contributed by atoms with E-state index < -0.39 is 0 Å². The van der Waals surface area contributed by atoms with Crippen LogP contribution in [-0.2, 0) is 0 Å². The molecule has 0 radical (unpaired) electrons. The van der Waals surface area contributed by atoms with Crippen molar-refractivity contribution in [1.29, 1.82) is 0 Å². The Labute approximate surface area is 80.3 Å². The lowest BCUT2D eigenvalue weighted by Gasteiger charge is -1.97. The van der Waals surface area contributed by atoms with Gasteiger partial charge in [-0.1, -0.05) is 62.8 Å². The van der Waals surface area contributed by atoms with Crippen molar-refractivity contribution in [3.8, 4) is 0 Å². The molecule has 0 aliphatic rings. The Morgan fingerprint density at radius 3 is 2.18 bits per heavy atom. The zero-order valence-corrected chi connectivity index (χ0v) is 8.81. The smallest absolute Gasteiger partial charge is 0.0765 e. The van der Waals surface area contributed by atoms with Gasteiger partial charge in [0.25, 0.3) is 0 Å². The van der Waals surface area contributed by atoms with Crippen LogP contribution in [0.3, 0.4) is 0 Å². The molecule has 2 heteroatoms. The van der Waals surface area contributed by atoms with Crippen molar-refractivity contribution in [3.63, 3.8) is 0 Å². The predicted octanol–water partition coefficient (Wildman–Crippen LogP) is 4.30. The number of rotatable bonds is 7. The number of unbranched alkanes of at least 4 members (excludes halogenated alkanes) is 5. The summed E-state index contributed by atoms with van der Waals surface area (Å²) >= 11 is 10.3. The Morgan fingerprint density at radius 1 is 1.09 bits per heavy atom. The highest BCUT2D eigenvalue weighted by Gasteiger charge is 1.92. The second-order valence-electron chi connectivity index (χ2n) is 2.87. The summed E-state index contributed by atoms with van der Waals surface area (Å²) < 4.78 is 0.639. The summed E-state index contributed by atoms with van der Waals surface area (Å²) in [6.45, 7) is 2.23. The zero-order chi connectivity index (χ0) is 8.53. The maximum absolute atomic E-state index is 5.55. The molecule has 0 fully saturated rings. The fraction of sp³-hybridized carbons (Fsp3) is 0.889. The molecule has 0 aromatic heterocycles. The highest BCUT2D eigenvalue weighted by Crippen LogP contribution is 2.08. The van der Waals surface area contributed by atoms with Crippen molar-refractivity contribution < 1.29 is 0 Å². The van der Waals surface area contributed by atoms with E-state index in [1.54, 1.807) is 0 Å². The van der Waals surface area contributed by atoms with E-state index in [0.717, 1.165) is 6.42 Å². The van der Waals surface area contributed by atoms with E-state index in [1.165, 1.54) is 38.5 Å². The van der Waals surface area contributed by atoms with Gasteiger partial charge in [0, 0.05) is 0 Å². The molecule has 0 aromatic rings. The van der Waals surface area contributed by atoms with Crippen molar-refractivity contribution in [2.45, 2.75) is 51.9 Å². The molecule has 0 amide bonds. The Morgan fingerprint density at radius 2 is 1.64 bits per heavy atom. The molecule has 0 heterocycles. The molecular formula is C9H17ClS. The van der Waals surface area contributed by atoms with E-state index in [2.05, 4.69) is 6.92 Å². The lowest BCUT2D eigenvalue weighted by molar-refractivity contribution is 0.617. The van der Waals surface area contributed by atoms with E-state index in [9.17, 15) is 0 Å². The molecule has 0 spiro atoms. The fourth-order valence-corrected chi connectivity index (χ4v) is 1.32. The van der Waals surface area contributed by atoms with Crippen molar-refractivity contribution in [2.24, 2.45) is 0 Å². The maximum atomic E-state index is 5.55. The number of hydrogen-bond acceptors (Lipinski definition) is 1. The van der Waals surface area contributed by atoms with Crippen LogP contribution in [-0.4, -0.2) is 4.32 Å². The molecule has 0 nitrogen and oxygen atoms in total. The third-order valence-corrected chi connectivity index (χ3v) is 2.12. The van der Waals surface area contributed by atoms with Crippen molar-refractivity contribution in [2.75, 3.05) is 0 Å². The number of hydrogen-bond donors (Lipinski definition) is 0. The molecule has 0 N–H and O–H groups in total. The Bertz CT molecular complexity index is 102. The summed E-state index contributed by atoms with van der Waals surface area (Å²) in [6.07, 6.45) is 8.76. The fourth-order valence-electron chi connectivity index (χ4n) is 1.04. The van der Waals surface area contributed by atoms with E-state index in [0.29, 0.717) is 4.32 Å². The minimum absolute atomic E-state index is 0.639. The van der Waals surface area contributed by atoms with Gasteiger partial charge < -0.3 is 0 Å². The summed E-state index contributed by atoms with van der Waals surface area (Å²) in [5.41, 5.74) is 0. The summed E-state index contributed by atoms with van der Waals surface area (Å²) in [5.74, 6) is 0. The Balaban J connectivity index is 2.85. The molecule has 11 heavy (non-hydrogen) atoms. The lowest BCUT2D eigenvalue weighted by atomic mass is 10.1. The van der Waals surface area contributed by atoms with Crippen LogP contribution < -0.4 is 0 Å². The summed E-state index contributed by atoms with van der Waals surface area (Å²) in [5, 5.41) is 0. The highest BCUT2D eigenvalue weighted by molar-refractivity contribution is 7.83. The number of halogens is 1. The van der Waals surface area contributed by atoms with E-state index in [-0.39, 0.29) is 0 Å². The molecule has 0 rings (SSSR count). The van der Waals surface area contributed by atoms with Gasteiger partial charge in [-0.3, -0.25) is 0 Å². The van der Waals surface area contributed by atoms with Gasteiger partial charge in [0.1, 0.15) is 0 Å². The van der Waals surface area contributed by atoms with Gasteiger partial charge >= 0.3 is 0 Å². The topological polar surface area (TPSA) is 0 Å². The molecule has 0 atom stereocenters. The predicted molar refractivity (Wildman–Crippen MR) is 56.4 cm³/mol.